The number of hydrogen-bond acceptors (Lipinski definition) is 1. The van der Waals surface area contributed by atoms with Gasteiger partial charge in [0.2, 0.25) is 5.91 Å². The van der Waals surface area contributed by atoms with Crippen molar-refractivity contribution in [2.24, 2.45) is 11.3 Å². The first kappa shape index (κ1) is 15.8. The van der Waals surface area contributed by atoms with Gasteiger partial charge >= 0.3 is 0 Å². The van der Waals surface area contributed by atoms with Crippen LogP contribution in [-0.4, -0.2) is 17.3 Å². The highest BCUT2D eigenvalue weighted by Crippen LogP contribution is 2.33. The molecule has 0 aliphatic heterocycles. The zero-order valence-electron chi connectivity index (χ0n) is 12.3. The number of amides is 1. The lowest BCUT2D eigenvalue weighted by Crippen LogP contribution is -2.52. The van der Waals surface area contributed by atoms with Crippen molar-refractivity contribution in [2.45, 2.75) is 71.8 Å². The molecule has 0 aromatic rings. The average Bonchev–Trinajstić information content (AvgIpc) is 2.29. The Morgan fingerprint density at radius 2 is 1.89 bits per heavy atom. The zero-order chi connectivity index (χ0) is 13.8. The fourth-order valence-corrected chi connectivity index (χ4v) is 2.79. The van der Waals surface area contributed by atoms with E-state index in [4.69, 9.17) is 11.6 Å². The molecule has 18 heavy (non-hydrogen) atoms. The van der Waals surface area contributed by atoms with Gasteiger partial charge < -0.3 is 5.32 Å². The van der Waals surface area contributed by atoms with Crippen molar-refractivity contribution in [3.05, 3.63) is 0 Å². The molecule has 1 aliphatic carbocycles. The maximum absolute atomic E-state index is 12.0. The number of hydrogen-bond donors (Lipinski definition) is 1. The van der Waals surface area contributed by atoms with Crippen molar-refractivity contribution in [2.75, 3.05) is 5.88 Å². The topological polar surface area (TPSA) is 29.1 Å². The normalized spacial score (nSPS) is 29.1. The number of halogens is 1. The van der Waals surface area contributed by atoms with Gasteiger partial charge in [0.1, 0.15) is 0 Å². The third-order valence-corrected chi connectivity index (χ3v) is 4.51. The van der Waals surface area contributed by atoms with Crippen molar-refractivity contribution in [1.82, 2.24) is 5.32 Å². The van der Waals surface area contributed by atoms with Crippen molar-refractivity contribution in [1.29, 1.82) is 0 Å². The summed E-state index contributed by atoms with van der Waals surface area (Å²) in [5.74, 6) is 1.48. The summed E-state index contributed by atoms with van der Waals surface area (Å²) in [6, 6.07) is 0. The molecule has 0 spiro atoms. The van der Waals surface area contributed by atoms with Crippen molar-refractivity contribution in [3.8, 4) is 0 Å². The minimum absolute atomic E-state index is 0.136. The summed E-state index contributed by atoms with van der Waals surface area (Å²) in [4.78, 5) is 12.0. The number of carbonyl (C=O) groups is 1. The van der Waals surface area contributed by atoms with Gasteiger partial charge in [-0.3, -0.25) is 4.79 Å². The van der Waals surface area contributed by atoms with E-state index in [0.29, 0.717) is 12.3 Å². The molecule has 1 amide bonds. The average molecular weight is 274 g/mol. The van der Waals surface area contributed by atoms with Gasteiger partial charge in [0, 0.05) is 12.3 Å². The van der Waals surface area contributed by atoms with Crippen LogP contribution in [0.5, 0.6) is 0 Å². The maximum atomic E-state index is 12.0. The van der Waals surface area contributed by atoms with Gasteiger partial charge in [-0.15, -0.1) is 11.6 Å². The molecule has 2 nitrogen and oxygen atoms in total. The third-order valence-electron chi connectivity index (χ3n) is 3.99. The Kier molecular flexibility index (Phi) is 5.51. The van der Waals surface area contributed by atoms with Gasteiger partial charge in [-0.1, -0.05) is 27.7 Å². The second-order valence-electron chi connectivity index (χ2n) is 7.21. The lowest BCUT2D eigenvalue weighted by atomic mass is 9.78. The fraction of sp³-hybridized carbons (Fsp3) is 0.933. The Bertz CT molecular complexity index is 275. The van der Waals surface area contributed by atoms with E-state index < -0.39 is 0 Å². The van der Waals surface area contributed by atoms with Crippen LogP contribution in [0.15, 0.2) is 0 Å². The molecular weight excluding hydrogens is 246 g/mol. The van der Waals surface area contributed by atoms with Crippen molar-refractivity contribution in [3.63, 3.8) is 0 Å². The second kappa shape index (κ2) is 6.27. The summed E-state index contributed by atoms with van der Waals surface area (Å²) >= 11 is 6.10. The molecule has 0 radical (unpaired) electrons. The monoisotopic (exact) mass is 273 g/mol. The van der Waals surface area contributed by atoms with Crippen LogP contribution in [0.2, 0.25) is 0 Å². The number of rotatable bonds is 4. The molecule has 0 unspecified atom stereocenters. The van der Waals surface area contributed by atoms with Crippen molar-refractivity contribution >= 4 is 17.5 Å². The van der Waals surface area contributed by atoms with Gasteiger partial charge in [0.25, 0.3) is 0 Å². The highest BCUT2D eigenvalue weighted by Gasteiger charge is 2.34. The summed E-state index contributed by atoms with van der Waals surface area (Å²) < 4.78 is 0. The SMILES string of the molecule is CC1CCC(CCl)(NC(=O)CCC(C)(C)C)CC1. The zero-order valence-corrected chi connectivity index (χ0v) is 13.1. The molecule has 1 saturated carbocycles. The lowest BCUT2D eigenvalue weighted by Gasteiger charge is -2.39. The summed E-state index contributed by atoms with van der Waals surface area (Å²) in [5.41, 5.74) is 0.0789. The van der Waals surface area contributed by atoms with Gasteiger partial charge in [0.15, 0.2) is 0 Å². The Labute approximate surface area is 117 Å². The van der Waals surface area contributed by atoms with Crippen molar-refractivity contribution < 1.29 is 4.79 Å². The molecule has 1 aliphatic rings. The standard InChI is InChI=1S/C15H28ClNO/c1-12-5-9-15(11-16,10-6-12)17-13(18)7-8-14(2,3)4/h12H,5-11H2,1-4H3,(H,17,18). The maximum Gasteiger partial charge on any atom is 0.220 e. The Hall–Kier alpha value is -0.240. The van der Waals surface area contributed by atoms with E-state index in [1.807, 2.05) is 0 Å². The van der Waals surface area contributed by atoms with Crippen LogP contribution >= 0.6 is 11.6 Å². The van der Waals surface area contributed by atoms with Crippen LogP contribution in [-0.2, 0) is 4.79 Å². The van der Waals surface area contributed by atoms with E-state index in [2.05, 4.69) is 33.0 Å². The smallest absolute Gasteiger partial charge is 0.220 e. The molecule has 0 aromatic carbocycles. The Morgan fingerprint density at radius 1 is 1.33 bits per heavy atom. The van der Waals surface area contributed by atoms with E-state index in [1.165, 1.54) is 12.8 Å². The molecule has 0 heterocycles. The predicted molar refractivity (Wildman–Crippen MR) is 77.9 cm³/mol. The Balaban J connectivity index is 2.45. The fourth-order valence-electron chi connectivity index (χ4n) is 2.45. The van der Waals surface area contributed by atoms with Gasteiger partial charge in [-0.05, 0) is 43.4 Å². The molecule has 1 fully saturated rings. The van der Waals surface area contributed by atoms with Crippen LogP contribution < -0.4 is 5.32 Å². The van der Waals surface area contributed by atoms with Crippen LogP contribution in [0, 0.1) is 11.3 Å². The summed E-state index contributed by atoms with van der Waals surface area (Å²) in [5, 5.41) is 3.20. The predicted octanol–water partition coefficient (Wildman–Crippen LogP) is 4.12. The van der Waals surface area contributed by atoms with E-state index in [1.54, 1.807) is 0 Å². The van der Waals surface area contributed by atoms with Crippen LogP contribution in [0.3, 0.4) is 0 Å². The molecule has 3 heteroatoms. The van der Waals surface area contributed by atoms with Crippen LogP contribution in [0.1, 0.15) is 66.2 Å². The Morgan fingerprint density at radius 3 is 2.33 bits per heavy atom. The number of nitrogens with one attached hydrogen (secondary N) is 1. The molecular formula is C15H28ClNO. The second-order valence-corrected chi connectivity index (χ2v) is 7.47. The minimum Gasteiger partial charge on any atom is -0.349 e. The number of carbonyl (C=O) groups excluding carboxylic acids is 1. The van der Waals surface area contributed by atoms with E-state index in [-0.39, 0.29) is 16.9 Å². The first-order chi connectivity index (χ1) is 8.26. The van der Waals surface area contributed by atoms with Gasteiger partial charge in [-0.25, -0.2) is 0 Å². The summed E-state index contributed by atoms with van der Waals surface area (Å²) in [6.45, 7) is 8.78. The quantitative estimate of drug-likeness (QED) is 0.767. The van der Waals surface area contributed by atoms with Crippen LogP contribution in [0.25, 0.3) is 0 Å². The van der Waals surface area contributed by atoms with E-state index in [0.717, 1.165) is 25.2 Å². The highest BCUT2D eigenvalue weighted by atomic mass is 35.5. The van der Waals surface area contributed by atoms with E-state index in [9.17, 15) is 4.79 Å². The van der Waals surface area contributed by atoms with Gasteiger partial charge in [0.05, 0.1) is 5.54 Å². The summed E-state index contributed by atoms with van der Waals surface area (Å²) in [6.07, 6.45) is 5.93. The van der Waals surface area contributed by atoms with Gasteiger partial charge in [-0.2, -0.15) is 0 Å². The first-order valence-electron chi connectivity index (χ1n) is 7.13. The largest absolute Gasteiger partial charge is 0.349 e. The molecule has 106 valence electrons. The van der Waals surface area contributed by atoms with E-state index >= 15 is 0 Å². The van der Waals surface area contributed by atoms with Crippen LogP contribution in [0.4, 0.5) is 0 Å². The lowest BCUT2D eigenvalue weighted by molar-refractivity contribution is -0.123. The number of alkyl halides is 1. The molecule has 0 saturated heterocycles. The molecule has 1 N–H and O–H groups in total. The molecule has 1 rings (SSSR count). The molecule has 0 aromatic heterocycles. The highest BCUT2D eigenvalue weighted by molar-refractivity contribution is 6.18. The summed E-state index contributed by atoms with van der Waals surface area (Å²) in [7, 11) is 0. The molecule has 0 bridgehead atoms. The minimum atomic E-state index is -0.136. The third kappa shape index (κ3) is 5.17. The first-order valence-corrected chi connectivity index (χ1v) is 7.67. The molecule has 0 atom stereocenters.